The molecule has 5 heteroatoms. The fourth-order valence-corrected chi connectivity index (χ4v) is 1.77. The van der Waals surface area contributed by atoms with Gasteiger partial charge in [-0.3, -0.25) is 4.98 Å². The minimum Gasteiger partial charge on any atom is -0.489 e. The Labute approximate surface area is 124 Å². The molecule has 0 saturated heterocycles. The van der Waals surface area contributed by atoms with Crippen LogP contribution in [0.5, 0.6) is 17.2 Å². The molecule has 1 aromatic carbocycles. The average Bonchev–Trinajstić information content (AvgIpc) is 2.44. The van der Waals surface area contributed by atoms with Crippen molar-refractivity contribution < 1.29 is 14.2 Å². The molecule has 5 nitrogen and oxygen atoms in total. The molecule has 0 aliphatic rings. The number of anilines is 1. The molecule has 0 saturated carbocycles. The summed E-state index contributed by atoms with van der Waals surface area (Å²) in [5.74, 6) is 1.92. The zero-order valence-electron chi connectivity index (χ0n) is 12.5. The second kappa shape index (κ2) is 6.95. The van der Waals surface area contributed by atoms with Crippen LogP contribution in [-0.2, 0) is 11.3 Å². The molecule has 0 amide bonds. The maximum Gasteiger partial charge on any atom is 0.146 e. The Kier molecular flexibility index (Phi) is 5.00. The van der Waals surface area contributed by atoms with Crippen molar-refractivity contribution >= 4 is 5.69 Å². The van der Waals surface area contributed by atoms with E-state index in [1.807, 2.05) is 26.0 Å². The van der Waals surface area contributed by atoms with Gasteiger partial charge in [0.1, 0.15) is 17.2 Å². The molecule has 1 heterocycles. The van der Waals surface area contributed by atoms with Gasteiger partial charge in [0.25, 0.3) is 0 Å². The van der Waals surface area contributed by atoms with E-state index >= 15 is 0 Å². The van der Waals surface area contributed by atoms with Crippen LogP contribution >= 0.6 is 0 Å². The molecule has 0 bridgehead atoms. The van der Waals surface area contributed by atoms with E-state index in [2.05, 4.69) is 4.98 Å². The van der Waals surface area contributed by atoms with Crippen LogP contribution in [0, 0.1) is 0 Å². The molecular weight excluding hydrogens is 268 g/mol. The van der Waals surface area contributed by atoms with Gasteiger partial charge in [-0.1, -0.05) is 0 Å². The largest absolute Gasteiger partial charge is 0.489 e. The van der Waals surface area contributed by atoms with Crippen LogP contribution in [0.15, 0.2) is 36.5 Å². The van der Waals surface area contributed by atoms with E-state index in [-0.39, 0.29) is 6.10 Å². The third-order valence-electron chi connectivity index (χ3n) is 2.67. The Balaban J connectivity index is 2.11. The predicted molar refractivity (Wildman–Crippen MR) is 81.6 cm³/mol. The summed E-state index contributed by atoms with van der Waals surface area (Å²) >= 11 is 0. The summed E-state index contributed by atoms with van der Waals surface area (Å²) in [5.41, 5.74) is 7.32. The van der Waals surface area contributed by atoms with E-state index in [1.54, 1.807) is 31.5 Å². The van der Waals surface area contributed by atoms with Crippen molar-refractivity contribution in [2.45, 2.75) is 26.6 Å². The first-order valence-electron chi connectivity index (χ1n) is 6.76. The van der Waals surface area contributed by atoms with Gasteiger partial charge >= 0.3 is 0 Å². The highest BCUT2D eigenvalue weighted by Crippen LogP contribution is 2.30. The second-order valence-electron chi connectivity index (χ2n) is 4.89. The fraction of sp³-hybridized carbons (Fsp3) is 0.312. The van der Waals surface area contributed by atoms with Gasteiger partial charge in [0.05, 0.1) is 30.3 Å². The number of hydrogen-bond acceptors (Lipinski definition) is 5. The summed E-state index contributed by atoms with van der Waals surface area (Å²) in [6.07, 6.45) is 1.71. The Bertz CT molecular complexity index is 583. The lowest BCUT2D eigenvalue weighted by Crippen LogP contribution is -2.07. The summed E-state index contributed by atoms with van der Waals surface area (Å²) in [5, 5.41) is 0. The van der Waals surface area contributed by atoms with Crippen LogP contribution in [0.3, 0.4) is 0 Å². The van der Waals surface area contributed by atoms with E-state index in [1.165, 1.54) is 0 Å². The molecule has 0 atom stereocenters. The van der Waals surface area contributed by atoms with Crippen LogP contribution < -0.4 is 15.2 Å². The molecule has 0 radical (unpaired) electrons. The first kappa shape index (κ1) is 15.1. The standard InChI is InChI=1S/C16H20N2O3/c1-11(2)20-16-8-13(6-7-15(16)17)21-14-5-4-12(10-19-3)18-9-14/h4-9,11H,10,17H2,1-3H3. The lowest BCUT2D eigenvalue weighted by molar-refractivity contribution is 0.181. The van der Waals surface area contributed by atoms with Crippen molar-refractivity contribution in [1.29, 1.82) is 0 Å². The monoisotopic (exact) mass is 288 g/mol. The van der Waals surface area contributed by atoms with Crippen molar-refractivity contribution in [3.05, 3.63) is 42.2 Å². The third kappa shape index (κ3) is 4.36. The van der Waals surface area contributed by atoms with Crippen molar-refractivity contribution in [3.63, 3.8) is 0 Å². The number of nitrogens with two attached hydrogens (primary N) is 1. The maximum atomic E-state index is 5.88. The summed E-state index contributed by atoms with van der Waals surface area (Å²) in [6.45, 7) is 4.38. The van der Waals surface area contributed by atoms with Crippen molar-refractivity contribution in [1.82, 2.24) is 4.98 Å². The maximum absolute atomic E-state index is 5.88. The molecule has 0 spiro atoms. The molecule has 0 aliphatic carbocycles. The number of hydrogen-bond donors (Lipinski definition) is 1. The summed E-state index contributed by atoms with van der Waals surface area (Å²) in [4.78, 5) is 4.25. The van der Waals surface area contributed by atoms with Crippen molar-refractivity contribution in [3.8, 4) is 17.2 Å². The Morgan fingerprint density at radius 2 is 1.90 bits per heavy atom. The summed E-state index contributed by atoms with van der Waals surface area (Å²) in [6, 6.07) is 9.05. The van der Waals surface area contributed by atoms with Gasteiger partial charge < -0.3 is 19.9 Å². The highest BCUT2D eigenvalue weighted by Gasteiger charge is 2.06. The summed E-state index contributed by atoms with van der Waals surface area (Å²) < 4.78 is 16.4. The quantitative estimate of drug-likeness (QED) is 0.825. The number of rotatable bonds is 6. The molecule has 0 unspecified atom stereocenters. The second-order valence-corrected chi connectivity index (χ2v) is 4.89. The van der Waals surface area contributed by atoms with E-state index in [4.69, 9.17) is 19.9 Å². The van der Waals surface area contributed by atoms with E-state index < -0.39 is 0 Å². The van der Waals surface area contributed by atoms with E-state index in [9.17, 15) is 0 Å². The molecule has 112 valence electrons. The Hall–Kier alpha value is -2.27. The normalized spacial score (nSPS) is 10.7. The van der Waals surface area contributed by atoms with Crippen LogP contribution in [0.4, 0.5) is 5.69 Å². The lowest BCUT2D eigenvalue weighted by Gasteiger charge is -2.13. The third-order valence-corrected chi connectivity index (χ3v) is 2.67. The van der Waals surface area contributed by atoms with Crippen molar-refractivity contribution in [2.24, 2.45) is 0 Å². The molecule has 0 aliphatic heterocycles. The lowest BCUT2D eigenvalue weighted by atomic mass is 10.2. The number of nitrogens with zero attached hydrogens (tertiary/aromatic N) is 1. The predicted octanol–water partition coefficient (Wildman–Crippen LogP) is 3.39. The Morgan fingerprint density at radius 1 is 1.14 bits per heavy atom. The number of aromatic nitrogens is 1. The van der Waals surface area contributed by atoms with Crippen LogP contribution in [0.1, 0.15) is 19.5 Å². The zero-order chi connectivity index (χ0) is 15.2. The molecule has 21 heavy (non-hydrogen) atoms. The molecule has 1 aromatic heterocycles. The van der Waals surface area contributed by atoms with Gasteiger partial charge in [-0.2, -0.15) is 0 Å². The smallest absolute Gasteiger partial charge is 0.146 e. The summed E-state index contributed by atoms with van der Waals surface area (Å²) in [7, 11) is 1.64. The van der Waals surface area contributed by atoms with Gasteiger partial charge in [0.2, 0.25) is 0 Å². The number of benzene rings is 1. The van der Waals surface area contributed by atoms with Crippen LogP contribution in [0.25, 0.3) is 0 Å². The number of pyridine rings is 1. The van der Waals surface area contributed by atoms with Gasteiger partial charge in [0.15, 0.2) is 0 Å². The molecule has 0 fully saturated rings. The van der Waals surface area contributed by atoms with Gasteiger partial charge in [0, 0.05) is 13.2 Å². The number of methoxy groups -OCH3 is 1. The molecule has 2 aromatic rings. The van der Waals surface area contributed by atoms with Gasteiger partial charge in [-0.05, 0) is 38.1 Å². The fourth-order valence-electron chi connectivity index (χ4n) is 1.77. The first-order valence-corrected chi connectivity index (χ1v) is 6.76. The van der Waals surface area contributed by atoms with E-state index in [0.717, 1.165) is 5.69 Å². The molecule has 2 N–H and O–H groups in total. The van der Waals surface area contributed by atoms with Crippen LogP contribution in [0.2, 0.25) is 0 Å². The minimum absolute atomic E-state index is 0.0533. The van der Waals surface area contributed by atoms with E-state index in [0.29, 0.717) is 29.5 Å². The SMILES string of the molecule is COCc1ccc(Oc2ccc(N)c(OC(C)C)c2)cn1. The molecule has 2 rings (SSSR count). The first-order chi connectivity index (χ1) is 10.1. The highest BCUT2D eigenvalue weighted by molar-refractivity contribution is 5.56. The van der Waals surface area contributed by atoms with Gasteiger partial charge in [-0.25, -0.2) is 0 Å². The van der Waals surface area contributed by atoms with Crippen molar-refractivity contribution in [2.75, 3.05) is 12.8 Å². The van der Waals surface area contributed by atoms with Gasteiger partial charge in [-0.15, -0.1) is 0 Å². The number of ether oxygens (including phenoxy) is 3. The zero-order valence-corrected chi connectivity index (χ0v) is 12.5. The Morgan fingerprint density at radius 3 is 2.52 bits per heavy atom. The molecular formula is C16H20N2O3. The topological polar surface area (TPSA) is 66.6 Å². The number of nitrogen functional groups attached to an aromatic ring is 1. The minimum atomic E-state index is 0.0533. The van der Waals surface area contributed by atoms with Crippen LogP contribution in [-0.4, -0.2) is 18.2 Å². The average molecular weight is 288 g/mol. The highest BCUT2D eigenvalue weighted by atomic mass is 16.5.